The summed E-state index contributed by atoms with van der Waals surface area (Å²) >= 11 is 9.25. The van der Waals surface area contributed by atoms with E-state index < -0.39 is 0 Å². The summed E-state index contributed by atoms with van der Waals surface area (Å²) in [5.41, 5.74) is 1.19. The minimum atomic E-state index is 0.465. The summed E-state index contributed by atoms with van der Waals surface area (Å²) in [7, 11) is 0. The number of pyridine rings is 1. The van der Waals surface area contributed by atoms with Gasteiger partial charge in [-0.05, 0) is 42.3 Å². The number of hydrogen-bond acceptors (Lipinski definition) is 2. The quantitative estimate of drug-likeness (QED) is 0.769. The minimum absolute atomic E-state index is 0.465. The second-order valence-corrected chi connectivity index (χ2v) is 4.89. The normalized spacial score (nSPS) is 10.7. The first kappa shape index (κ1) is 12.8. The van der Waals surface area contributed by atoms with Gasteiger partial charge in [-0.2, -0.15) is 0 Å². The van der Waals surface area contributed by atoms with E-state index in [9.17, 15) is 0 Å². The van der Waals surface area contributed by atoms with Gasteiger partial charge in [-0.1, -0.05) is 0 Å². The lowest BCUT2D eigenvalue weighted by Gasteiger charge is -2.29. The van der Waals surface area contributed by atoms with Gasteiger partial charge in [0.15, 0.2) is 0 Å². The van der Waals surface area contributed by atoms with E-state index in [1.165, 1.54) is 5.69 Å². The average molecular weight is 292 g/mol. The van der Waals surface area contributed by atoms with Crippen LogP contribution in [0.1, 0.15) is 20.3 Å². The summed E-state index contributed by atoms with van der Waals surface area (Å²) < 4.78 is 1.04. The van der Waals surface area contributed by atoms with E-state index in [1.807, 2.05) is 18.5 Å². The Balaban J connectivity index is 2.84. The van der Waals surface area contributed by atoms with Gasteiger partial charge in [0.05, 0.1) is 10.2 Å². The van der Waals surface area contributed by atoms with Crippen LogP contribution in [0.2, 0.25) is 0 Å². The fourth-order valence-electron chi connectivity index (χ4n) is 1.49. The Morgan fingerprint density at radius 1 is 1.53 bits per heavy atom. The Hall–Kier alpha value is -0.280. The standard InChI is InChI=1S/C11H16BrClN2/c1-9(2)15(7-3-5-13)11-4-6-14-8-10(11)12/h4,6,8-9H,3,5,7H2,1-2H3. The summed E-state index contributed by atoms with van der Waals surface area (Å²) in [5.74, 6) is 0.700. The number of alkyl halides is 1. The van der Waals surface area contributed by atoms with Crippen molar-refractivity contribution in [3.8, 4) is 0 Å². The van der Waals surface area contributed by atoms with Crippen molar-refractivity contribution in [3.05, 3.63) is 22.9 Å². The molecule has 0 radical (unpaired) electrons. The van der Waals surface area contributed by atoms with Gasteiger partial charge < -0.3 is 4.90 Å². The van der Waals surface area contributed by atoms with Gasteiger partial charge in [0.2, 0.25) is 0 Å². The van der Waals surface area contributed by atoms with Crippen LogP contribution in [-0.4, -0.2) is 23.5 Å². The van der Waals surface area contributed by atoms with Gasteiger partial charge in [0.1, 0.15) is 0 Å². The van der Waals surface area contributed by atoms with Crippen LogP contribution in [0, 0.1) is 0 Å². The van der Waals surface area contributed by atoms with Gasteiger partial charge in [-0.15, -0.1) is 11.6 Å². The molecule has 1 aromatic rings. The molecule has 84 valence electrons. The molecule has 0 fully saturated rings. The number of anilines is 1. The fourth-order valence-corrected chi connectivity index (χ4v) is 2.09. The molecule has 0 aliphatic rings. The number of halogens is 2. The third-order valence-electron chi connectivity index (χ3n) is 2.22. The van der Waals surface area contributed by atoms with Gasteiger partial charge in [0, 0.05) is 30.9 Å². The summed E-state index contributed by atoms with van der Waals surface area (Å²) in [6.45, 7) is 5.34. The highest BCUT2D eigenvalue weighted by molar-refractivity contribution is 9.10. The molecule has 0 atom stereocenters. The Labute approximate surface area is 105 Å². The molecule has 0 aromatic carbocycles. The first-order valence-electron chi connectivity index (χ1n) is 5.09. The zero-order valence-corrected chi connectivity index (χ0v) is 11.4. The number of rotatable bonds is 5. The molecule has 0 N–H and O–H groups in total. The van der Waals surface area contributed by atoms with Crippen molar-refractivity contribution in [2.24, 2.45) is 0 Å². The van der Waals surface area contributed by atoms with Crippen LogP contribution in [0.15, 0.2) is 22.9 Å². The maximum atomic E-state index is 5.73. The molecule has 1 heterocycles. The molecule has 2 nitrogen and oxygen atoms in total. The smallest absolute Gasteiger partial charge is 0.0592 e. The van der Waals surface area contributed by atoms with Gasteiger partial charge in [-0.25, -0.2) is 0 Å². The molecule has 0 bridgehead atoms. The van der Waals surface area contributed by atoms with Crippen LogP contribution < -0.4 is 4.90 Å². The largest absolute Gasteiger partial charge is 0.368 e. The summed E-state index contributed by atoms with van der Waals surface area (Å²) in [6.07, 6.45) is 4.63. The first-order chi connectivity index (χ1) is 7.16. The molecule has 0 amide bonds. The third-order valence-corrected chi connectivity index (χ3v) is 3.09. The van der Waals surface area contributed by atoms with Crippen molar-refractivity contribution in [2.75, 3.05) is 17.3 Å². The SMILES string of the molecule is CC(C)N(CCCCl)c1ccncc1Br. The Bertz CT molecular complexity index is 304. The van der Waals surface area contributed by atoms with Crippen LogP contribution in [0.5, 0.6) is 0 Å². The molecule has 0 unspecified atom stereocenters. The highest BCUT2D eigenvalue weighted by atomic mass is 79.9. The van der Waals surface area contributed by atoms with Crippen molar-refractivity contribution in [3.63, 3.8) is 0 Å². The predicted octanol–water partition coefficient (Wildman–Crippen LogP) is 3.69. The van der Waals surface area contributed by atoms with E-state index in [0.717, 1.165) is 17.4 Å². The molecule has 0 saturated carbocycles. The molecule has 15 heavy (non-hydrogen) atoms. The summed E-state index contributed by atoms with van der Waals surface area (Å²) in [4.78, 5) is 6.39. The lowest BCUT2D eigenvalue weighted by Crippen LogP contribution is -2.32. The molecule has 1 rings (SSSR count). The molecule has 1 aromatic heterocycles. The van der Waals surface area contributed by atoms with E-state index in [-0.39, 0.29) is 0 Å². The molecule has 4 heteroatoms. The van der Waals surface area contributed by atoms with E-state index in [1.54, 1.807) is 0 Å². The second kappa shape index (κ2) is 6.33. The number of nitrogens with zero attached hydrogens (tertiary/aromatic N) is 2. The van der Waals surface area contributed by atoms with E-state index >= 15 is 0 Å². The zero-order chi connectivity index (χ0) is 11.3. The number of hydrogen-bond donors (Lipinski definition) is 0. The highest BCUT2D eigenvalue weighted by Crippen LogP contribution is 2.26. The molecule has 0 aliphatic heterocycles. The Morgan fingerprint density at radius 3 is 2.80 bits per heavy atom. The van der Waals surface area contributed by atoms with Crippen LogP contribution in [0.4, 0.5) is 5.69 Å². The topological polar surface area (TPSA) is 16.1 Å². The monoisotopic (exact) mass is 290 g/mol. The zero-order valence-electron chi connectivity index (χ0n) is 9.08. The Kier molecular flexibility index (Phi) is 5.40. The maximum absolute atomic E-state index is 5.73. The van der Waals surface area contributed by atoms with Crippen molar-refractivity contribution >= 4 is 33.2 Å². The molecular weight excluding hydrogens is 275 g/mol. The molecular formula is C11H16BrClN2. The molecule has 0 spiro atoms. The average Bonchev–Trinajstić information content (AvgIpc) is 2.20. The van der Waals surface area contributed by atoms with Gasteiger partial charge in [-0.3, -0.25) is 4.98 Å². The van der Waals surface area contributed by atoms with Crippen molar-refractivity contribution < 1.29 is 0 Å². The maximum Gasteiger partial charge on any atom is 0.0592 e. The molecule has 0 saturated heterocycles. The Morgan fingerprint density at radius 2 is 2.27 bits per heavy atom. The van der Waals surface area contributed by atoms with Crippen LogP contribution in [0.25, 0.3) is 0 Å². The summed E-state index contributed by atoms with van der Waals surface area (Å²) in [6, 6.07) is 2.49. The lowest BCUT2D eigenvalue weighted by atomic mass is 10.2. The molecule has 0 aliphatic carbocycles. The number of aromatic nitrogens is 1. The van der Waals surface area contributed by atoms with Crippen molar-refractivity contribution in [1.29, 1.82) is 0 Å². The predicted molar refractivity (Wildman–Crippen MR) is 69.8 cm³/mol. The fraction of sp³-hybridized carbons (Fsp3) is 0.545. The first-order valence-corrected chi connectivity index (χ1v) is 6.41. The van der Waals surface area contributed by atoms with Crippen LogP contribution in [0.3, 0.4) is 0 Å². The second-order valence-electron chi connectivity index (χ2n) is 3.66. The lowest BCUT2D eigenvalue weighted by molar-refractivity contribution is 0.671. The minimum Gasteiger partial charge on any atom is -0.368 e. The van der Waals surface area contributed by atoms with Crippen molar-refractivity contribution in [1.82, 2.24) is 4.98 Å². The van der Waals surface area contributed by atoms with Crippen molar-refractivity contribution in [2.45, 2.75) is 26.3 Å². The van der Waals surface area contributed by atoms with E-state index in [2.05, 4.69) is 39.7 Å². The van der Waals surface area contributed by atoms with Gasteiger partial charge in [0.25, 0.3) is 0 Å². The highest BCUT2D eigenvalue weighted by Gasteiger charge is 2.12. The van der Waals surface area contributed by atoms with Crippen LogP contribution >= 0.6 is 27.5 Å². The third kappa shape index (κ3) is 3.65. The summed E-state index contributed by atoms with van der Waals surface area (Å²) in [5, 5.41) is 0. The van der Waals surface area contributed by atoms with E-state index in [4.69, 9.17) is 11.6 Å². The van der Waals surface area contributed by atoms with Crippen LogP contribution in [-0.2, 0) is 0 Å². The van der Waals surface area contributed by atoms with E-state index in [0.29, 0.717) is 11.9 Å². The van der Waals surface area contributed by atoms with Gasteiger partial charge >= 0.3 is 0 Å².